The summed E-state index contributed by atoms with van der Waals surface area (Å²) in [6.45, 7) is 4.54. The Morgan fingerprint density at radius 3 is 2.39 bits per heavy atom. The molecule has 0 aromatic rings. The van der Waals surface area contributed by atoms with Crippen LogP contribution in [0.5, 0.6) is 0 Å². The molecule has 0 saturated heterocycles. The van der Waals surface area contributed by atoms with Gasteiger partial charge in [0.1, 0.15) is 0 Å². The molecule has 136 valence electrons. The molecule has 0 rings (SSSR count). The van der Waals surface area contributed by atoms with Crippen LogP contribution in [0.25, 0.3) is 0 Å². The lowest BCUT2D eigenvalue weighted by atomic mass is 10.1. The van der Waals surface area contributed by atoms with Gasteiger partial charge < -0.3 is 9.84 Å². The lowest BCUT2D eigenvalue weighted by Crippen LogP contribution is -2.04. The average molecular weight is 327 g/mol. The van der Waals surface area contributed by atoms with Crippen molar-refractivity contribution < 1.29 is 14.6 Å². The number of ether oxygens (including phenoxy) is 1. The third kappa shape index (κ3) is 17.4. The number of hydrogen-bond acceptors (Lipinski definition) is 3. The number of aliphatic hydroxyl groups excluding tert-OH is 1. The van der Waals surface area contributed by atoms with Crippen LogP contribution in [0, 0.1) is 0 Å². The van der Waals surface area contributed by atoms with E-state index in [4.69, 9.17) is 4.74 Å². The maximum atomic E-state index is 11.2. The Labute approximate surface area is 143 Å². The van der Waals surface area contributed by atoms with E-state index in [1.807, 2.05) is 6.92 Å². The van der Waals surface area contributed by atoms with Gasteiger partial charge in [-0.15, -0.1) is 0 Å². The minimum absolute atomic E-state index is 0.0660. The first-order chi connectivity index (χ1) is 11.2. The summed E-state index contributed by atoms with van der Waals surface area (Å²) in [7, 11) is 0. The summed E-state index contributed by atoms with van der Waals surface area (Å²) in [6, 6.07) is 0. The minimum atomic E-state index is -0.161. The molecular formula is C20H38O3. The number of esters is 1. The molecule has 0 heterocycles. The summed E-state index contributed by atoms with van der Waals surface area (Å²) in [6.07, 6.45) is 18.1. The van der Waals surface area contributed by atoms with Crippen LogP contribution >= 0.6 is 0 Å². The molecule has 0 radical (unpaired) electrons. The monoisotopic (exact) mass is 326 g/mol. The van der Waals surface area contributed by atoms with Crippen LogP contribution in [-0.4, -0.2) is 23.8 Å². The van der Waals surface area contributed by atoms with E-state index < -0.39 is 0 Å². The molecule has 3 heteroatoms. The molecule has 0 bridgehead atoms. The Morgan fingerprint density at radius 1 is 0.957 bits per heavy atom. The molecule has 0 saturated carbocycles. The van der Waals surface area contributed by atoms with Crippen molar-refractivity contribution in [3.8, 4) is 0 Å². The molecule has 3 nitrogen and oxygen atoms in total. The lowest BCUT2D eigenvalue weighted by Gasteiger charge is -2.07. The third-order valence-corrected chi connectivity index (χ3v) is 4.02. The molecule has 1 N–H and O–H groups in total. The summed E-state index contributed by atoms with van der Waals surface area (Å²) < 4.78 is 4.90. The number of carbonyl (C=O) groups is 1. The van der Waals surface area contributed by atoms with E-state index in [2.05, 4.69) is 19.1 Å². The summed E-state index contributed by atoms with van der Waals surface area (Å²) in [5.74, 6) is -0.0660. The van der Waals surface area contributed by atoms with Crippen LogP contribution in [0.3, 0.4) is 0 Å². The molecule has 1 unspecified atom stereocenters. The van der Waals surface area contributed by atoms with Crippen molar-refractivity contribution >= 4 is 5.97 Å². The summed E-state index contributed by atoms with van der Waals surface area (Å²) in [5.41, 5.74) is 0. The molecule has 0 aliphatic carbocycles. The van der Waals surface area contributed by atoms with Gasteiger partial charge in [-0.3, -0.25) is 4.79 Å². The van der Waals surface area contributed by atoms with Crippen LogP contribution in [0.1, 0.15) is 97.3 Å². The van der Waals surface area contributed by atoms with Crippen molar-refractivity contribution in [2.45, 2.75) is 103 Å². The molecule has 0 aliphatic heterocycles. The standard InChI is InChI=1S/C20H38O3/c1-3-5-6-13-16-19(21)17-14-11-9-7-8-10-12-15-18-20(22)23-4-2/h11,14,19,21H,3-10,12-13,15-18H2,1-2H3/b14-11-. The molecule has 0 aliphatic rings. The van der Waals surface area contributed by atoms with E-state index in [0.29, 0.717) is 13.0 Å². The SMILES string of the molecule is CCCCCCC(O)C/C=C\CCCCCCCC(=O)OCC. The fraction of sp³-hybridized carbons (Fsp3) is 0.850. The summed E-state index contributed by atoms with van der Waals surface area (Å²) in [5, 5.41) is 9.84. The van der Waals surface area contributed by atoms with Gasteiger partial charge in [-0.2, -0.15) is 0 Å². The highest BCUT2D eigenvalue weighted by molar-refractivity contribution is 5.69. The fourth-order valence-corrected chi connectivity index (χ4v) is 2.59. The van der Waals surface area contributed by atoms with Crippen LogP contribution in [-0.2, 0) is 9.53 Å². The molecule has 0 fully saturated rings. The maximum absolute atomic E-state index is 11.2. The van der Waals surface area contributed by atoms with Crippen molar-refractivity contribution in [1.29, 1.82) is 0 Å². The molecule has 0 spiro atoms. The van der Waals surface area contributed by atoms with Gasteiger partial charge in [0.15, 0.2) is 0 Å². The van der Waals surface area contributed by atoms with Gasteiger partial charge in [0.05, 0.1) is 12.7 Å². The maximum Gasteiger partial charge on any atom is 0.305 e. The van der Waals surface area contributed by atoms with Crippen molar-refractivity contribution in [1.82, 2.24) is 0 Å². The van der Waals surface area contributed by atoms with Crippen LogP contribution in [0.15, 0.2) is 12.2 Å². The second kappa shape index (κ2) is 17.5. The number of rotatable bonds is 16. The topological polar surface area (TPSA) is 46.5 Å². The quantitative estimate of drug-likeness (QED) is 0.229. The smallest absolute Gasteiger partial charge is 0.305 e. The Balaban J connectivity index is 3.29. The van der Waals surface area contributed by atoms with Gasteiger partial charge in [0.25, 0.3) is 0 Å². The van der Waals surface area contributed by atoms with E-state index >= 15 is 0 Å². The predicted octanol–water partition coefficient (Wildman–Crippen LogP) is 5.56. The normalized spacial score (nSPS) is 12.7. The van der Waals surface area contributed by atoms with Gasteiger partial charge in [-0.25, -0.2) is 0 Å². The van der Waals surface area contributed by atoms with Gasteiger partial charge >= 0.3 is 5.97 Å². The van der Waals surface area contributed by atoms with Crippen LogP contribution in [0.2, 0.25) is 0 Å². The van der Waals surface area contributed by atoms with E-state index in [0.717, 1.165) is 38.5 Å². The zero-order chi connectivity index (χ0) is 17.2. The average Bonchev–Trinajstić information content (AvgIpc) is 2.53. The van der Waals surface area contributed by atoms with E-state index in [1.54, 1.807) is 0 Å². The second-order valence-corrected chi connectivity index (χ2v) is 6.32. The van der Waals surface area contributed by atoms with Gasteiger partial charge in [0.2, 0.25) is 0 Å². The Bertz CT molecular complexity index is 287. The predicted molar refractivity (Wildman–Crippen MR) is 97.5 cm³/mol. The van der Waals surface area contributed by atoms with Crippen LogP contribution in [0.4, 0.5) is 0 Å². The van der Waals surface area contributed by atoms with E-state index in [9.17, 15) is 9.90 Å². The van der Waals surface area contributed by atoms with Crippen molar-refractivity contribution in [3.05, 3.63) is 12.2 Å². The zero-order valence-electron chi connectivity index (χ0n) is 15.4. The van der Waals surface area contributed by atoms with E-state index in [-0.39, 0.29) is 12.1 Å². The van der Waals surface area contributed by atoms with Gasteiger partial charge in [0, 0.05) is 6.42 Å². The van der Waals surface area contributed by atoms with Crippen molar-refractivity contribution in [2.75, 3.05) is 6.61 Å². The molecule has 0 aromatic heterocycles. The number of allylic oxidation sites excluding steroid dienone is 1. The molecule has 0 amide bonds. The lowest BCUT2D eigenvalue weighted by molar-refractivity contribution is -0.143. The first-order valence-corrected chi connectivity index (χ1v) is 9.69. The van der Waals surface area contributed by atoms with Crippen LogP contribution < -0.4 is 0 Å². The highest BCUT2D eigenvalue weighted by atomic mass is 16.5. The number of unbranched alkanes of at least 4 members (excludes halogenated alkanes) is 8. The third-order valence-electron chi connectivity index (χ3n) is 4.02. The Kier molecular flexibility index (Phi) is 16.9. The second-order valence-electron chi connectivity index (χ2n) is 6.32. The highest BCUT2D eigenvalue weighted by Crippen LogP contribution is 2.10. The molecule has 1 atom stereocenters. The van der Waals surface area contributed by atoms with Crippen molar-refractivity contribution in [3.63, 3.8) is 0 Å². The van der Waals surface area contributed by atoms with Gasteiger partial charge in [-0.05, 0) is 39.0 Å². The largest absolute Gasteiger partial charge is 0.466 e. The Hall–Kier alpha value is -0.830. The summed E-state index contributed by atoms with van der Waals surface area (Å²) >= 11 is 0. The van der Waals surface area contributed by atoms with Gasteiger partial charge in [-0.1, -0.05) is 64.0 Å². The minimum Gasteiger partial charge on any atom is -0.466 e. The molecular weight excluding hydrogens is 288 g/mol. The van der Waals surface area contributed by atoms with Crippen molar-refractivity contribution in [2.24, 2.45) is 0 Å². The zero-order valence-corrected chi connectivity index (χ0v) is 15.4. The summed E-state index contributed by atoms with van der Waals surface area (Å²) in [4.78, 5) is 11.2. The molecule has 23 heavy (non-hydrogen) atoms. The molecule has 0 aromatic carbocycles. The first-order valence-electron chi connectivity index (χ1n) is 9.69. The number of aliphatic hydroxyl groups is 1. The fourth-order valence-electron chi connectivity index (χ4n) is 2.59. The number of carbonyl (C=O) groups excluding carboxylic acids is 1. The first kappa shape index (κ1) is 22.2. The highest BCUT2D eigenvalue weighted by Gasteiger charge is 2.01. The Morgan fingerprint density at radius 2 is 1.65 bits per heavy atom. The van der Waals surface area contributed by atoms with E-state index in [1.165, 1.54) is 38.5 Å². The number of hydrogen-bond donors (Lipinski definition) is 1.